The van der Waals surface area contributed by atoms with Crippen molar-refractivity contribution >= 4 is 27.5 Å². The Hall–Kier alpha value is -0.830. The number of hydrogen-bond donors (Lipinski definition) is 1. The molecule has 0 amide bonds. The maximum Gasteiger partial charge on any atom is 0.0548 e. The zero-order chi connectivity index (χ0) is 13.7. The standard InChI is InChI=1S/C16H17BrClN/c1-2-16(13-6-4-3-5-7-13)19-11-12-8-9-15(18)14(17)10-12/h3-10,16,19H,2,11H2,1H3. The van der Waals surface area contributed by atoms with Crippen molar-refractivity contribution in [2.24, 2.45) is 0 Å². The van der Waals surface area contributed by atoms with Crippen LogP contribution in [0.25, 0.3) is 0 Å². The Morgan fingerprint density at radius 2 is 1.89 bits per heavy atom. The van der Waals surface area contributed by atoms with E-state index < -0.39 is 0 Å². The molecule has 1 atom stereocenters. The molecule has 1 N–H and O–H groups in total. The molecule has 19 heavy (non-hydrogen) atoms. The lowest BCUT2D eigenvalue weighted by molar-refractivity contribution is 0.519. The summed E-state index contributed by atoms with van der Waals surface area (Å²) in [6, 6.07) is 17.0. The van der Waals surface area contributed by atoms with E-state index in [2.05, 4.69) is 64.6 Å². The van der Waals surface area contributed by atoms with E-state index in [9.17, 15) is 0 Å². The lowest BCUT2D eigenvalue weighted by Crippen LogP contribution is -2.20. The smallest absolute Gasteiger partial charge is 0.0548 e. The van der Waals surface area contributed by atoms with Gasteiger partial charge < -0.3 is 5.32 Å². The molecule has 0 aliphatic carbocycles. The Kier molecular flexibility index (Phi) is 5.44. The zero-order valence-electron chi connectivity index (χ0n) is 10.9. The second kappa shape index (κ2) is 7.09. The van der Waals surface area contributed by atoms with Gasteiger partial charge in [0.2, 0.25) is 0 Å². The molecule has 1 unspecified atom stereocenters. The van der Waals surface area contributed by atoms with Crippen LogP contribution in [-0.2, 0) is 6.54 Å². The van der Waals surface area contributed by atoms with Gasteiger partial charge in [0, 0.05) is 17.1 Å². The topological polar surface area (TPSA) is 12.0 Å². The molecule has 3 heteroatoms. The van der Waals surface area contributed by atoms with E-state index in [0.717, 1.165) is 22.5 Å². The van der Waals surface area contributed by atoms with Gasteiger partial charge in [0.25, 0.3) is 0 Å². The van der Waals surface area contributed by atoms with Gasteiger partial charge in [0.15, 0.2) is 0 Å². The van der Waals surface area contributed by atoms with Crippen molar-refractivity contribution in [3.8, 4) is 0 Å². The van der Waals surface area contributed by atoms with Crippen LogP contribution < -0.4 is 5.32 Å². The maximum absolute atomic E-state index is 6.00. The number of halogens is 2. The summed E-state index contributed by atoms with van der Waals surface area (Å²) in [4.78, 5) is 0. The molecule has 0 saturated carbocycles. The minimum atomic E-state index is 0.385. The molecule has 0 aliphatic heterocycles. The quantitative estimate of drug-likeness (QED) is 0.775. The van der Waals surface area contributed by atoms with Crippen molar-refractivity contribution in [2.75, 3.05) is 0 Å². The summed E-state index contributed by atoms with van der Waals surface area (Å²) < 4.78 is 0.946. The number of hydrogen-bond acceptors (Lipinski definition) is 1. The van der Waals surface area contributed by atoms with Crippen LogP contribution in [0.4, 0.5) is 0 Å². The summed E-state index contributed by atoms with van der Waals surface area (Å²) in [5, 5.41) is 4.33. The maximum atomic E-state index is 6.00. The normalized spacial score (nSPS) is 12.4. The lowest BCUT2D eigenvalue weighted by atomic mass is 10.0. The summed E-state index contributed by atoms with van der Waals surface area (Å²) in [6.45, 7) is 3.03. The molecule has 0 spiro atoms. The fraction of sp³-hybridized carbons (Fsp3) is 0.250. The predicted octanol–water partition coefficient (Wildman–Crippen LogP) is 5.34. The van der Waals surface area contributed by atoms with E-state index in [1.165, 1.54) is 11.1 Å². The van der Waals surface area contributed by atoms with Gasteiger partial charge >= 0.3 is 0 Å². The first-order chi connectivity index (χ1) is 9.20. The van der Waals surface area contributed by atoms with Gasteiger partial charge in [-0.15, -0.1) is 0 Å². The van der Waals surface area contributed by atoms with Crippen LogP contribution in [0, 0.1) is 0 Å². The van der Waals surface area contributed by atoms with Crippen LogP contribution in [-0.4, -0.2) is 0 Å². The molecule has 0 heterocycles. The van der Waals surface area contributed by atoms with Gasteiger partial charge in [-0.05, 0) is 45.6 Å². The molecule has 0 aromatic heterocycles. The first kappa shape index (κ1) is 14.6. The van der Waals surface area contributed by atoms with Crippen LogP contribution in [0.1, 0.15) is 30.5 Å². The van der Waals surface area contributed by atoms with Crippen molar-refractivity contribution in [1.29, 1.82) is 0 Å². The lowest BCUT2D eigenvalue weighted by Gasteiger charge is -2.17. The van der Waals surface area contributed by atoms with E-state index in [1.807, 2.05) is 12.1 Å². The fourth-order valence-corrected chi connectivity index (χ4v) is 2.62. The number of nitrogens with one attached hydrogen (secondary N) is 1. The molecule has 100 valence electrons. The first-order valence-corrected chi connectivity index (χ1v) is 7.60. The van der Waals surface area contributed by atoms with Crippen molar-refractivity contribution in [3.05, 3.63) is 69.2 Å². The Labute approximate surface area is 128 Å². The van der Waals surface area contributed by atoms with Gasteiger partial charge in [-0.25, -0.2) is 0 Å². The zero-order valence-corrected chi connectivity index (χ0v) is 13.2. The van der Waals surface area contributed by atoms with Crippen LogP contribution in [0.5, 0.6) is 0 Å². The van der Waals surface area contributed by atoms with Crippen LogP contribution in [0.3, 0.4) is 0 Å². The predicted molar refractivity (Wildman–Crippen MR) is 85.5 cm³/mol. The Morgan fingerprint density at radius 3 is 2.53 bits per heavy atom. The minimum absolute atomic E-state index is 0.385. The Balaban J connectivity index is 2.02. The largest absolute Gasteiger partial charge is 0.306 e. The highest BCUT2D eigenvalue weighted by Gasteiger charge is 2.08. The van der Waals surface area contributed by atoms with E-state index in [4.69, 9.17) is 11.6 Å². The summed E-state index contributed by atoms with van der Waals surface area (Å²) in [6.07, 6.45) is 1.07. The number of rotatable bonds is 5. The van der Waals surface area contributed by atoms with Crippen molar-refractivity contribution < 1.29 is 0 Å². The molecular formula is C16H17BrClN. The van der Waals surface area contributed by atoms with Gasteiger partial charge in [0.05, 0.1) is 5.02 Å². The molecule has 0 radical (unpaired) electrons. The average molecular weight is 339 g/mol. The molecule has 0 bridgehead atoms. The van der Waals surface area contributed by atoms with Crippen molar-refractivity contribution in [1.82, 2.24) is 5.32 Å². The fourth-order valence-electron chi connectivity index (χ4n) is 2.07. The third kappa shape index (κ3) is 4.07. The van der Waals surface area contributed by atoms with Gasteiger partial charge in [0.1, 0.15) is 0 Å². The van der Waals surface area contributed by atoms with Crippen molar-refractivity contribution in [2.45, 2.75) is 25.9 Å². The molecule has 1 nitrogen and oxygen atoms in total. The molecule has 0 saturated heterocycles. The second-order valence-electron chi connectivity index (χ2n) is 4.50. The number of benzene rings is 2. The SMILES string of the molecule is CCC(NCc1ccc(Cl)c(Br)c1)c1ccccc1. The third-order valence-corrected chi connectivity index (χ3v) is 4.36. The molecule has 2 rings (SSSR count). The highest BCUT2D eigenvalue weighted by Crippen LogP contribution is 2.24. The molecule has 2 aromatic rings. The van der Waals surface area contributed by atoms with Crippen molar-refractivity contribution in [3.63, 3.8) is 0 Å². The van der Waals surface area contributed by atoms with E-state index in [1.54, 1.807) is 0 Å². The Morgan fingerprint density at radius 1 is 1.16 bits per heavy atom. The molecular weight excluding hydrogens is 322 g/mol. The van der Waals surface area contributed by atoms with Crippen LogP contribution >= 0.6 is 27.5 Å². The third-order valence-electron chi connectivity index (χ3n) is 3.15. The van der Waals surface area contributed by atoms with Crippen LogP contribution in [0.15, 0.2) is 53.0 Å². The van der Waals surface area contributed by atoms with Gasteiger partial charge in [-0.2, -0.15) is 0 Å². The molecule has 0 aliphatic rings. The van der Waals surface area contributed by atoms with E-state index in [0.29, 0.717) is 6.04 Å². The van der Waals surface area contributed by atoms with Gasteiger partial charge in [-0.3, -0.25) is 0 Å². The second-order valence-corrected chi connectivity index (χ2v) is 5.76. The van der Waals surface area contributed by atoms with Crippen LogP contribution in [0.2, 0.25) is 5.02 Å². The molecule has 2 aromatic carbocycles. The first-order valence-electron chi connectivity index (χ1n) is 6.43. The monoisotopic (exact) mass is 337 g/mol. The summed E-state index contributed by atoms with van der Waals surface area (Å²) >= 11 is 9.45. The Bertz CT molecular complexity index is 528. The van der Waals surface area contributed by atoms with E-state index in [-0.39, 0.29) is 0 Å². The summed E-state index contributed by atoms with van der Waals surface area (Å²) in [5.41, 5.74) is 2.56. The minimum Gasteiger partial charge on any atom is -0.306 e. The summed E-state index contributed by atoms with van der Waals surface area (Å²) in [5.74, 6) is 0. The summed E-state index contributed by atoms with van der Waals surface area (Å²) in [7, 11) is 0. The average Bonchev–Trinajstić information content (AvgIpc) is 2.44. The highest BCUT2D eigenvalue weighted by molar-refractivity contribution is 9.10. The van der Waals surface area contributed by atoms with Gasteiger partial charge in [-0.1, -0.05) is 54.9 Å². The highest BCUT2D eigenvalue weighted by atomic mass is 79.9. The molecule has 0 fully saturated rings. The van der Waals surface area contributed by atoms with E-state index >= 15 is 0 Å².